The van der Waals surface area contributed by atoms with E-state index in [9.17, 15) is 9.18 Å². The largest absolute Gasteiger partial charge is 0.328 e. The van der Waals surface area contributed by atoms with Crippen molar-refractivity contribution in [3.8, 4) is 11.3 Å². The molecule has 4 nitrogen and oxygen atoms in total. The molecule has 0 atom stereocenters. The SMILES string of the molecule is Cc1nn(C)c2c1c(=O)cc(-c1ccc(F)cc1)n2C. The number of aromatic nitrogens is 3. The van der Waals surface area contributed by atoms with Gasteiger partial charge in [-0.25, -0.2) is 4.39 Å². The van der Waals surface area contributed by atoms with Gasteiger partial charge in [0.25, 0.3) is 0 Å². The van der Waals surface area contributed by atoms with E-state index in [2.05, 4.69) is 5.10 Å². The Kier molecular flexibility index (Phi) is 2.71. The summed E-state index contributed by atoms with van der Waals surface area (Å²) in [6, 6.07) is 7.68. The van der Waals surface area contributed by atoms with Crippen LogP contribution < -0.4 is 5.43 Å². The molecule has 3 rings (SSSR count). The number of benzene rings is 1. The van der Waals surface area contributed by atoms with Crippen LogP contribution in [0.15, 0.2) is 35.1 Å². The quantitative estimate of drug-likeness (QED) is 0.681. The Labute approximate surface area is 115 Å². The fourth-order valence-corrected chi connectivity index (χ4v) is 2.62. The van der Waals surface area contributed by atoms with Gasteiger partial charge in [0.15, 0.2) is 5.43 Å². The van der Waals surface area contributed by atoms with Crippen LogP contribution in [0.25, 0.3) is 22.3 Å². The molecule has 2 heterocycles. The van der Waals surface area contributed by atoms with E-state index in [1.165, 1.54) is 12.1 Å². The Bertz CT molecular complexity index is 859. The van der Waals surface area contributed by atoms with Crippen molar-refractivity contribution in [2.24, 2.45) is 14.1 Å². The number of fused-ring (bicyclic) bond motifs is 1. The third-order valence-electron chi connectivity index (χ3n) is 3.53. The number of hydrogen-bond donors (Lipinski definition) is 0. The minimum atomic E-state index is -0.295. The lowest BCUT2D eigenvalue weighted by molar-refractivity contribution is 0.628. The molecule has 0 N–H and O–H groups in total. The fourth-order valence-electron chi connectivity index (χ4n) is 2.62. The second-order valence-electron chi connectivity index (χ2n) is 4.87. The van der Waals surface area contributed by atoms with Crippen molar-refractivity contribution in [1.82, 2.24) is 14.3 Å². The fraction of sp³-hybridized carbons (Fsp3) is 0.200. The Balaban J connectivity index is 2.38. The molecule has 0 fully saturated rings. The van der Waals surface area contributed by atoms with Crippen LogP contribution in [0.3, 0.4) is 0 Å². The molecule has 3 aromatic rings. The molecule has 0 aliphatic heterocycles. The molecule has 2 aromatic heterocycles. The highest BCUT2D eigenvalue weighted by molar-refractivity contribution is 5.82. The summed E-state index contributed by atoms with van der Waals surface area (Å²) in [5, 5.41) is 4.92. The highest BCUT2D eigenvalue weighted by Crippen LogP contribution is 2.22. The summed E-state index contributed by atoms with van der Waals surface area (Å²) in [7, 11) is 3.69. The first-order chi connectivity index (χ1) is 9.49. The predicted molar refractivity (Wildman–Crippen MR) is 76.1 cm³/mol. The Morgan fingerprint density at radius 3 is 2.45 bits per heavy atom. The average molecular weight is 271 g/mol. The molecular weight excluding hydrogens is 257 g/mol. The van der Waals surface area contributed by atoms with E-state index in [1.54, 1.807) is 22.9 Å². The minimum Gasteiger partial charge on any atom is -0.328 e. The molecule has 0 bridgehead atoms. The Hall–Kier alpha value is -2.43. The standard InChI is InChI=1S/C15H14FN3O/c1-9-14-13(20)8-12(10-4-6-11(16)7-5-10)18(2)15(14)19(3)17-9/h4-8H,1-3H3. The maximum absolute atomic E-state index is 13.0. The van der Waals surface area contributed by atoms with Gasteiger partial charge in [-0.15, -0.1) is 0 Å². The van der Waals surface area contributed by atoms with Crippen LogP contribution in [0.1, 0.15) is 5.69 Å². The second-order valence-corrected chi connectivity index (χ2v) is 4.87. The van der Waals surface area contributed by atoms with Gasteiger partial charge in [0.2, 0.25) is 0 Å². The van der Waals surface area contributed by atoms with Crippen LogP contribution in [0.4, 0.5) is 4.39 Å². The topological polar surface area (TPSA) is 39.8 Å². The van der Waals surface area contributed by atoms with Gasteiger partial charge in [0, 0.05) is 20.2 Å². The molecule has 102 valence electrons. The molecule has 20 heavy (non-hydrogen) atoms. The number of nitrogens with zero attached hydrogens (tertiary/aromatic N) is 3. The van der Waals surface area contributed by atoms with E-state index < -0.39 is 0 Å². The summed E-state index contributed by atoms with van der Waals surface area (Å²) in [5.41, 5.74) is 2.95. The van der Waals surface area contributed by atoms with Crippen molar-refractivity contribution >= 4 is 11.0 Å². The van der Waals surface area contributed by atoms with Crippen LogP contribution in [0, 0.1) is 12.7 Å². The van der Waals surface area contributed by atoms with Gasteiger partial charge < -0.3 is 4.57 Å². The zero-order valence-corrected chi connectivity index (χ0v) is 11.5. The molecule has 0 aliphatic carbocycles. The first kappa shape index (κ1) is 12.6. The number of aryl methyl sites for hydroxylation is 3. The lowest BCUT2D eigenvalue weighted by atomic mass is 10.1. The van der Waals surface area contributed by atoms with Gasteiger partial charge in [-0.1, -0.05) is 0 Å². The zero-order valence-electron chi connectivity index (χ0n) is 11.5. The van der Waals surface area contributed by atoms with E-state index >= 15 is 0 Å². The van der Waals surface area contributed by atoms with Crippen molar-refractivity contribution in [2.45, 2.75) is 6.92 Å². The number of rotatable bonds is 1. The molecule has 0 spiro atoms. The van der Waals surface area contributed by atoms with E-state index in [4.69, 9.17) is 0 Å². The summed E-state index contributed by atoms with van der Waals surface area (Å²) < 4.78 is 16.6. The third-order valence-corrected chi connectivity index (χ3v) is 3.53. The van der Waals surface area contributed by atoms with E-state index in [0.29, 0.717) is 11.1 Å². The first-order valence-electron chi connectivity index (χ1n) is 6.28. The summed E-state index contributed by atoms with van der Waals surface area (Å²) in [5.74, 6) is -0.295. The van der Waals surface area contributed by atoms with Gasteiger partial charge in [0.05, 0.1) is 16.8 Å². The van der Waals surface area contributed by atoms with Crippen molar-refractivity contribution in [2.75, 3.05) is 0 Å². The molecular formula is C15H14FN3O. The highest BCUT2D eigenvalue weighted by atomic mass is 19.1. The average Bonchev–Trinajstić information content (AvgIpc) is 2.71. The smallest absolute Gasteiger partial charge is 0.193 e. The zero-order chi connectivity index (χ0) is 14.4. The first-order valence-corrected chi connectivity index (χ1v) is 6.28. The third kappa shape index (κ3) is 1.74. The maximum Gasteiger partial charge on any atom is 0.193 e. The molecule has 0 amide bonds. The van der Waals surface area contributed by atoms with Crippen LogP contribution in [0.2, 0.25) is 0 Å². The van der Waals surface area contributed by atoms with Crippen molar-refractivity contribution in [3.63, 3.8) is 0 Å². The van der Waals surface area contributed by atoms with Gasteiger partial charge in [-0.2, -0.15) is 5.10 Å². The lowest BCUT2D eigenvalue weighted by Crippen LogP contribution is -2.10. The van der Waals surface area contributed by atoms with E-state index in [1.807, 2.05) is 25.6 Å². The van der Waals surface area contributed by atoms with Crippen LogP contribution in [-0.4, -0.2) is 14.3 Å². The normalized spacial score (nSPS) is 11.2. The number of pyridine rings is 1. The molecule has 0 radical (unpaired) electrons. The molecule has 1 aromatic carbocycles. The second kappa shape index (κ2) is 4.30. The van der Waals surface area contributed by atoms with E-state index in [-0.39, 0.29) is 11.2 Å². The summed E-state index contributed by atoms with van der Waals surface area (Å²) in [4.78, 5) is 12.3. The number of hydrogen-bond acceptors (Lipinski definition) is 2. The molecule has 0 unspecified atom stereocenters. The van der Waals surface area contributed by atoms with Crippen molar-refractivity contribution < 1.29 is 4.39 Å². The number of halogens is 1. The van der Waals surface area contributed by atoms with Gasteiger partial charge in [-0.3, -0.25) is 9.48 Å². The van der Waals surface area contributed by atoms with Gasteiger partial charge in [-0.05, 0) is 36.8 Å². The van der Waals surface area contributed by atoms with Gasteiger partial charge >= 0.3 is 0 Å². The monoisotopic (exact) mass is 271 g/mol. The summed E-state index contributed by atoms with van der Waals surface area (Å²) in [6.45, 7) is 1.82. The van der Waals surface area contributed by atoms with Crippen molar-refractivity contribution in [1.29, 1.82) is 0 Å². The molecule has 5 heteroatoms. The summed E-state index contributed by atoms with van der Waals surface area (Å²) in [6.07, 6.45) is 0. The Morgan fingerprint density at radius 1 is 1.15 bits per heavy atom. The van der Waals surface area contributed by atoms with Crippen LogP contribution in [0.5, 0.6) is 0 Å². The Morgan fingerprint density at radius 2 is 1.80 bits per heavy atom. The summed E-state index contributed by atoms with van der Waals surface area (Å²) >= 11 is 0. The van der Waals surface area contributed by atoms with Crippen LogP contribution in [-0.2, 0) is 14.1 Å². The molecule has 0 saturated carbocycles. The van der Waals surface area contributed by atoms with Crippen molar-refractivity contribution in [3.05, 3.63) is 52.1 Å². The van der Waals surface area contributed by atoms with E-state index in [0.717, 1.165) is 16.9 Å². The lowest BCUT2D eigenvalue weighted by Gasteiger charge is -2.11. The molecule has 0 saturated heterocycles. The predicted octanol–water partition coefficient (Wildman–Crippen LogP) is 2.39. The maximum atomic E-state index is 13.0. The minimum absolute atomic E-state index is 0.0666. The molecule has 0 aliphatic rings. The highest BCUT2D eigenvalue weighted by Gasteiger charge is 2.14. The van der Waals surface area contributed by atoms with Crippen LogP contribution >= 0.6 is 0 Å². The van der Waals surface area contributed by atoms with Gasteiger partial charge in [0.1, 0.15) is 11.5 Å².